The Labute approximate surface area is 270 Å². The summed E-state index contributed by atoms with van der Waals surface area (Å²) in [4.78, 5) is 58.3. The number of likely N-dealkylation sites (tertiary alicyclic amines) is 1. The first kappa shape index (κ1) is 32.1. The average Bonchev–Trinajstić information content (AvgIpc) is 3.20. The fourth-order valence-electron chi connectivity index (χ4n) is 7.61. The average molecular weight is 644 g/mol. The summed E-state index contributed by atoms with van der Waals surface area (Å²) in [5.41, 5.74) is 1.72. The van der Waals surface area contributed by atoms with E-state index in [0.29, 0.717) is 36.1 Å². The van der Waals surface area contributed by atoms with Crippen LogP contribution < -0.4 is 10.2 Å². The molecule has 0 aromatic heterocycles. The molecule has 45 heavy (non-hydrogen) atoms. The smallest absolute Gasteiger partial charge is 0.410 e. The number of carbonyl (C=O) groups is 4. The highest BCUT2D eigenvalue weighted by Crippen LogP contribution is 2.45. The van der Waals surface area contributed by atoms with Crippen molar-refractivity contribution in [1.82, 2.24) is 20.0 Å². The van der Waals surface area contributed by atoms with Gasteiger partial charge in [0.25, 0.3) is 5.91 Å². The van der Waals surface area contributed by atoms with Gasteiger partial charge in [0.1, 0.15) is 11.6 Å². The summed E-state index contributed by atoms with van der Waals surface area (Å²) < 4.78 is 11.9. The number of amides is 4. The highest BCUT2D eigenvalue weighted by atomic mass is 35.5. The van der Waals surface area contributed by atoms with Crippen LogP contribution in [0.4, 0.5) is 10.5 Å². The van der Waals surface area contributed by atoms with Crippen LogP contribution >= 0.6 is 11.6 Å². The van der Waals surface area contributed by atoms with E-state index in [-0.39, 0.29) is 48.6 Å². The van der Waals surface area contributed by atoms with Gasteiger partial charge in [-0.05, 0) is 78.9 Å². The van der Waals surface area contributed by atoms with Gasteiger partial charge in [-0.3, -0.25) is 24.6 Å². The number of rotatable bonds is 5. The molecule has 11 nitrogen and oxygen atoms in total. The first-order valence-electron chi connectivity index (χ1n) is 16.4. The predicted molar refractivity (Wildman–Crippen MR) is 169 cm³/mol. The molecule has 3 atom stereocenters. The Balaban J connectivity index is 1.00. The number of fused-ring (bicyclic) bond motifs is 1. The summed E-state index contributed by atoms with van der Waals surface area (Å²) in [6.45, 7) is 13.8. The number of imide groups is 1. The van der Waals surface area contributed by atoms with Crippen molar-refractivity contribution in [1.29, 1.82) is 0 Å². The number of hydrogen-bond donors (Lipinski definition) is 1. The molecule has 6 rings (SSSR count). The topological polar surface area (TPSA) is 112 Å². The molecule has 246 valence electrons. The van der Waals surface area contributed by atoms with E-state index in [1.807, 2.05) is 39.8 Å². The van der Waals surface area contributed by atoms with Crippen LogP contribution in [0.25, 0.3) is 0 Å². The van der Waals surface area contributed by atoms with Crippen LogP contribution in [0.3, 0.4) is 0 Å². The minimum atomic E-state index is -0.681. The Kier molecular flexibility index (Phi) is 8.82. The molecule has 4 fully saturated rings. The summed E-state index contributed by atoms with van der Waals surface area (Å²) in [5, 5.41) is 2.94. The second kappa shape index (κ2) is 12.4. The Bertz CT molecular complexity index is 1350. The highest BCUT2D eigenvalue weighted by Gasteiger charge is 2.45. The predicted octanol–water partition coefficient (Wildman–Crippen LogP) is 4.12. The van der Waals surface area contributed by atoms with E-state index in [1.54, 1.807) is 9.80 Å². The number of nitrogens with zero attached hydrogens (tertiary/aromatic N) is 4. The molecule has 1 N–H and O–H groups in total. The normalized spacial score (nSPS) is 29.9. The van der Waals surface area contributed by atoms with Crippen molar-refractivity contribution in [2.24, 2.45) is 0 Å². The molecule has 1 aromatic carbocycles. The largest absolute Gasteiger partial charge is 0.444 e. The van der Waals surface area contributed by atoms with E-state index < -0.39 is 17.6 Å². The van der Waals surface area contributed by atoms with Crippen molar-refractivity contribution in [2.75, 3.05) is 37.6 Å². The van der Waals surface area contributed by atoms with Crippen LogP contribution in [-0.4, -0.2) is 107 Å². The van der Waals surface area contributed by atoms with E-state index in [0.717, 1.165) is 56.6 Å². The van der Waals surface area contributed by atoms with E-state index in [9.17, 15) is 19.2 Å². The molecular formula is C33H46ClN5O6. The maximum absolute atomic E-state index is 13.4. The minimum Gasteiger partial charge on any atom is -0.444 e. The van der Waals surface area contributed by atoms with Gasteiger partial charge < -0.3 is 24.2 Å². The molecule has 1 aliphatic carbocycles. The van der Waals surface area contributed by atoms with Gasteiger partial charge in [0.2, 0.25) is 11.8 Å². The van der Waals surface area contributed by atoms with Crippen molar-refractivity contribution in [3.05, 3.63) is 28.3 Å². The fraction of sp³-hybridized carbons (Fsp3) is 0.697. The van der Waals surface area contributed by atoms with Crippen LogP contribution in [0.2, 0.25) is 5.02 Å². The Hall–Kier alpha value is -2.89. The molecule has 12 heteroatoms. The SMILES string of the molecule is C[C@@H]1CN(C2CC(OC3CCN(C(=O)OC(C)(C)C)CC3)C2)CCN1c1ccc2c(c1Cl)[C@@H](C)N([C@@H]1CCC(=O)NC1=O)C2=O. The number of piperidine rings is 2. The standard InChI is InChI=1S/C33H46ClN5O6/c1-19-18-37(21-16-23(17-21)44-22-10-12-36(13-11-22)32(43)45-33(3,4)5)14-15-38(19)25-7-6-24-28(29(25)34)20(2)39(31(24)42)26-8-9-27(40)35-30(26)41/h6-7,19-23,26H,8-18H2,1-5H3,(H,35,40,41)/t19-,20-,21?,23?,26-/m1/s1. The van der Waals surface area contributed by atoms with E-state index >= 15 is 0 Å². The van der Waals surface area contributed by atoms with Crippen LogP contribution in [0.5, 0.6) is 0 Å². The second-order valence-corrected chi connectivity index (χ2v) is 14.7. The molecule has 4 heterocycles. The Morgan fingerprint density at radius 1 is 0.978 bits per heavy atom. The maximum Gasteiger partial charge on any atom is 0.410 e. The third-order valence-electron chi connectivity index (χ3n) is 10.0. The second-order valence-electron chi connectivity index (χ2n) is 14.3. The van der Waals surface area contributed by atoms with Gasteiger partial charge >= 0.3 is 6.09 Å². The zero-order chi connectivity index (χ0) is 32.2. The number of ether oxygens (including phenoxy) is 2. The number of carbonyl (C=O) groups excluding carboxylic acids is 4. The van der Waals surface area contributed by atoms with Gasteiger partial charge in [0.05, 0.1) is 29.0 Å². The third-order valence-corrected chi connectivity index (χ3v) is 10.4. The molecule has 0 spiro atoms. The summed E-state index contributed by atoms with van der Waals surface area (Å²) in [6.07, 6.45) is 4.47. The Morgan fingerprint density at radius 3 is 2.33 bits per heavy atom. The van der Waals surface area contributed by atoms with E-state index in [1.165, 1.54) is 0 Å². The number of hydrogen-bond acceptors (Lipinski definition) is 8. The molecular weight excluding hydrogens is 598 g/mol. The number of benzene rings is 1. The van der Waals surface area contributed by atoms with Crippen molar-refractivity contribution in [3.8, 4) is 0 Å². The molecule has 4 amide bonds. The lowest BCUT2D eigenvalue weighted by molar-refractivity contribution is -0.137. The van der Waals surface area contributed by atoms with Gasteiger partial charge in [0.15, 0.2) is 0 Å². The third kappa shape index (κ3) is 6.40. The van der Waals surface area contributed by atoms with Gasteiger partial charge in [-0.1, -0.05) is 11.6 Å². The quantitative estimate of drug-likeness (QED) is 0.477. The number of nitrogens with one attached hydrogen (secondary N) is 1. The van der Waals surface area contributed by atoms with Crippen molar-refractivity contribution >= 4 is 41.1 Å². The van der Waals surface area contributed by atoms with E-state index in [2.05, 4.69) is 22.0 Å². The number of halogens is 1. The summed E-state index contributed by atoms with van der Waals surface area (Å²) in [6, 6.07) is 3.46. The zero-order valence-corrected chi connectivity index (χ0v) is 27.8. The number of anilines is 1. The van der Waals surface area contributed by atoms with Gasteiger partial charge in [-0.15, -0.1) is 0 Å². The Morgan fingerprint density at radius 2 is 1.69 bits per heavy atom. The monoisotopic (exact) mass is 643 g/mol. The summed E-state index contributed by atoms with van der Waals surface area (Å²) in [5.74, 6) is -0.940. The van der Waals surface area contributed by atoms with Crippen molar-refractivity contribution < 1.29 is 28.7 Å². The highest BCUT2D eigenvalue weighted by molar-refractivity contribution is 6.35. The van der Waals surface area contributed by atoms with E-state index in [4.69, 9.17) is 21.1 Å². The van der Waals surface area contributed by atoms with Crippen molar-refractivity contribution in [2.45, 2.75) is 115 Å². The molecule has 1 aromatic rings. The van der Waals surface area contributed by atoms with Crippen LogP contribution in [0.1, 0.15) is 95.1 Å². The molecule has 0 bridgehead atoms. The lowest BCUT2D eigenvalue weighted by atomic mass is 9.86. The first-order valence-corrected chi connectivity index (χ1v) is 16.8. The lowest BCUT2D eigenvalue weighted by Gasteiger charge is -2.50. The summed E-state index contributed by atoms with van der Waals surface area (Å²) in [7, 11) is 0. The molecule has 3 saturated heterocycles. The lowest BCUT2D eigenvalue weighted by Crippen LogP contribution is -2.59. The van der Waals surface area contributed by atoms with Crippen molar-refractivity contribution in [3.63, 3.8) is 0 Å². The molecule has 5 aliphatic rings. The van der Waals surface area contributed by atoms with Crippen LogP contribution in [0.15, 0.2) is 12.1 Å². The summed E-state index contributed by atoms with van der Waals surface area (Å²) >= 11 is 7.05. The van der Waals surface area contributed by atoms with Gasteiger partial charge in [-0.2, -0.15) is 0 Å². The van der Waals surface area contributed by atoms with Gasteiger partial charge in [-0.25, -0.2) is 4.79 Å². The fourth-order valence-corrected chi connectivity index (χ4v) is 8.04. The minimum absolute atomic E-state index is 0.188. The molecule has 0 radical (unpaired) electrons. The van der Waals surface area contributed by atoms with Crippen LogP contribution in [-0.2, 0) is 19.1 Å². The van der Waals surface area contributed by atoms with Crippen LogP contribution in [0, 0.1) is 0 Å². The maximum atomic E-state index is 13.4. The molecule has 4 aliphatic heterocycles. The zero-order valence-electron chi connectivity index (χ0n) is 27.0. The number of piperazine rings is 1. The first-order chi connectivity index (χ1) is 21.3. The van der Waals surface area contributed by atoms with Gasteiger partial charge in [0, 0.05) is 62.4 Å². The molecule has 1 saturated carbocycles. The molecule has 0 unspecified atom stereocenters.